The van der Waals surface area contributed by atoms with Gasteiger partial charge in [-0.3, -0.25) is 5.84 Å². The summed E-state index contributed by atoms with van der Waals surface area (Å²) in [5.41, 5.74) is 6.32. The van der Waals surface area contributed by atoms with Crippen molar-refractivity contribution in [1.82, 2.24) is 5.43 Å². The number of hydrogen-bond acceptors (Lipinski definition) is 3. The first kappa shape index (κ1) is 15.0. The third-order valence-corrected chi connectivity index (χ3v) is 3.71. The average Bonchev–Trinajstić information content (AvgIpc) is 2.44. The van der Waals surface area contributed by atoms with E-state index in [1.807, 2.05) is 37.3 Å². The van der Waals surface area contributed by atoms with Gasteiger partial charge in [-0.05, 0) is 54.8 Å². The number of ether oxygens (including phenoxy) is 1. The van der Waals surface area contributed by atoms with E-state index in [0.29, 0.717) is 6.61 Å². The van der Waals surface area contributed by atoms with Crippen LogP contribution in [0.3, 0.4) is 0 Å². The number of hydrazine groups is 1. The average molecular weight is 335 g/mol. The zero-order valence-corrected chi connectivity index (χ0v) is 13.3. The van der Waals surface area contributed by atoms with Crippen LogP contribution in [0.25, 0.3) is 0 Å². The second-order valence-electron chi connectivity index (χ2n) is 4.61. The molecule has 0 spiro atoms. The molecule has 0 saturated carbocycles. The van der Waals surface area contributed by atoms with E-state index in [2.05, 4.69) is 40.4 Å². The van der Waals surface area contributed by atoms with E-state index >= 15 is 0 Å². The van der Waals surface area contributed by atoms with Gasteiger partial charge >= 0.3 is 0 Å². The van der Waals surface area contributed by atoms with Crippen LogP contribution in [0.2, 0.25) is 0 Å². The van der Waals surface area contributed by atoms with E-state index in [1.165, 1.54) is 5.56 Å². The summed E-state index contributed by atoms with van der Waals surface area (Å²) in [5.74, 6) is 6.63. The van der Waals surface area contributed by atoms with Crippen LogP contribution in [0.15, 0.2) is 46.9 Å². The van der Waals surface area contributed by atoms with Crippen LogP contribution in [-0.4, -0.2) is 6.61 Å². The molecule has 0 aromatic heterocycles. The Morgan fingerprint density at radius 2 is 2.05 bits per heavy atom. The molecule has 0 fully saturated rings. The van der Waals surface area contributed by atoms with Crippen molar-refractivity contribution < 1.29 is 4.74 Å². The maximum absolute atomic E-state index is 5.77. The number of benzene rings is 2. The zero-order valence-electron chi connectivity index (χ0n) is 11.7. The van der Waals surface area contributed by atoms with Gasteiger partial charge in [0.15, 0.2) is 0 Å². The molecule has 0 aliphatic heterocycles. The number of hydrogen-bond donors (Lipinski definition) is 2. The summed E-state index contributed by atoms with van der Waals surface area (Å²) in [6.07, 6.45) is 0. The molecule has 0 bridgehead atoms. The Morgan fingerprint density at radius 1 is 1.25 bits per heavy atom. The molecule has 0 heterocycles. The molecule has 1 atom stereocenters. The first-order chi connectivity index (χ1) is 9.65. The van der Waals surface area contributed by atoms with Crippen LogP contribution in [0.1, 0.15) is 29.7 Å². The van der Waals surface area contributed by atoms with Crippen molar-refractivity contribution in [3.05, 3.63) is 63.6 Å². The number of halogens is 1. The zero-order chi connectivity index (χ0) is 14.5. The highest BCUT2D eigenvalue weighted by molar-refractivity contribution is 9.10. The van der Waals surface area contributed by atoms with Crippen LogP contribution in [0.4, 0.5) is 0 Å². The highest BCUT2D eigenvalue weighted by atomic mass is 79.9. The Labute approximate surface area is 128 Å². The molecule has 2 aromatic carbocycles. The molecule has 20 heavy (non-hydrogen) atoms. The smallest absolute Gasteiger partial charge is 0.119 e. The molecular formula is C16H19BrN2O. The molecule has 4 heteroatoms. The lowest BCUT2D eigenvalue weighted by molar-refractivity contribution is 0.339. The molecule has 3 N–H and O–H groups in total. The largest absolute Gasteiger partial charge is 0.494 e. The molecule has 1 unspecified atom stereocenters. The van der Waals surface area contributed by atoms with Gasteiger partial charge in [-0.2, -0.15) is 0 Å². The first-order valence-corrected chi connectivity index (χ1v) is 7.40. The Hall–Kier alpha value is -1.36. The molecule has 3 nitrogen and oxygen atoms in total. The van der Waals surface area contributed by atoms with Crippen LogP contribution in [0, 0.1) is 6.92 Å². The molecule has 2 rings (SSSR count). The molecule has 0 aliphatic carbocycles. The van der Waals surface area contributed by atoms with Crippen LogP contribution >= 0.6 is 15.9 Å². The number of nitrogens with one attached hydrogen (secondary N) is 1. The number of aryl methyl sites for hydroxylation is 1. The van der Waals surface area contributed by atoms with Crippen molar-refractivity contribution in [3.8, 4) is 5.75 Å². The van der Waals surface area contributed by atoms with Gasteiger partial charge in [-0.25, -0.2) is 5.43 Å². The molecule has 0 aliphatic rings. The van der Waals surface area contributed by atoms with E-state index in [-0.39, 0.29) is 6.04 Å². The Balaban J connectivity index is 2.41. The Kier molecular flexibility index (Phi) is 5.17. The van der Waals surface area contributed by atoms with E-state index in [1.54, 1.807) is 0 Å². The molecule has 0 radical (unpaired) electrons. The van der Waals surface area contributed by atoms with E-state index < -0.39 is 0 Å². The van der Waals surface area contributed by atoms with Crippen molar-refractivity contribution in [2.24, 2.45) is 5.84 Å². The summed E-state index contributed by atoms with van der Waals surface area (Å²) in [6, 6.07) is 14.1. The quantitative estimate of drug-likeness (QED) is 0.647. The second-order valence-corrected chi connectivity index (χ2v) is 5.52. The number of nitrogens with two attached hydrogens (primary N) is 1. The summed E-state index contributed by atoms with van der Waals surface area (Å²) in [6.45, 7) is 4.71. The standard InChI is InChI=1S/C16H19BrN2O/c1-3-20-14-6-4-5-12(9-14)16(19-18)15-10-13(17)8-7-11(15)2/h4-10,16,19H,3,18H2,1-2H3. The minimum absolute atomic E-state index is 0.0621. The van der Waals surface area contributed by atoms with Crippen molar-refractivity contribution >= 4 is 15.9 Å². The molecule has 0 saturated heterocycles. The Bertz CT molecular complexity index is 586. The van der Waals surface area contributed by atoms with Crippen LogP contribution < -0.4 is 16.0 Å². The van der Waals surface area contributed by atoms with Gasteiger partial charge in [0.1, 0.15) is 5.75 Å². The lowest BCUT2D eigenvalue weighted by atomic mass is 9.95. The maximum Gasteiger partial charge on any atom is 0.119 e. The second kappa shape index (κ2) is 6.88. The van der Waals surface area contributed by atoms with Crippen LogP contribution in [0.5, 0.6) is 5.75 Å². The molecule has 106 valence electrons. The summed E-state index contributed by atoms with van der Waals surface area (Å²) in [4.78, 5) is 0. The van der Waals surface area contributed by atoms with Crippen molar-refractivity contribution in [2.45, 2.75) is 19.9 Å². The van der Waals surface area contributed by atoms with Gasteiger partial charge in [0, 0.05) is 4.47 Å². The summed E-state index contributed by atoms with van der Waals surface area (Å²) in [7, 11) is 0. The molecular weight excluding hydrogens is 316 g/mol. The first-order valence-electron chi connectivity index (χ1n) is 6.60. The molecule has 2 aromatic rings. The highest BCUT2D eigenvalue weighted by Gasteiger charge is 2.15. The predicted octanol–water partition coefficient (Wildman–Crippen LogP) is 3.71. The normalized spacial score (nSPS) is 12.2. The van der Waals surface area contributed by atoms with E-state index in [4.69, 9.17) is 10.6 Å². The third kappa shape index (κ3) is 3.39. The van der Waals surface area contributed by atoms with Gasteiger partial charge in [0.05, 0.1) is 12.6 Å². The predicted molar refractivity (Wildman–Crippen MR) is 85.7 cm³/mol. The fraction of sp³-hybridized carbons (Fsp3) is 0.250. The van der Waals surface area contributed by atoms with E-state index in [0.717, 1.165) is 21.3 Å². The van der Waals surface area contributed by atoms with Gasteiger partial charge < -0.3 is 4.74 Å². The van der Waals surface area contributed by atoms with Crippen molar-refractivity contribution in [2.75, 3.05) is 6.61 Å². The SMILES string of the molecule is CCOc1cccc(C(NN)c2cc(Br)ccc2C)c1. The summed E-state index contributed by atoms with van der Waals surface area (Å²) in [5, 5.41) is 0. The topological polar surface area (TPSA) is 47.3 Å². The lowest BCUT2D eigenvalue weighted by Gasteiger charge is -2.20. The van der Waals surface area contributed by atoms with Gasteiger partial charge in [-0.15, -0.1) is 0 Å². The van der Waals surface area contributed by atoms with Crippen molar-refractivity contribution in [3.63, 3.8) is 0 Å². The minimum atomic E-state index is -0.0621. The Morgan fingerprint density at radius 3 is 2.75 bits per heavy atom. The fourth-order valence-corrected chi connectivity index (χ4v) is 2.62. The minimum Gasteiger partial charge on any atom is -0.494 e. The monoisotopic (exact) mass is 334 g/mol. The number of rotatable bonds is 5. The van der Waals surface area contributed by atoms with Gasteiger partial charge in [-0.1, -0.05) is 34.1 Å². The fourth-order valence-electron chi connectivity index (χ4n) is 2.24. The lowest BCUT2D eigenvalue weighted by Crippen LogP contribution is -2.29. The maximum atomic E-state index is 5.77. The van der Waals surface area contributed by atoms with Gasteiger partial charge in [0.25, 0.3) is 0 Å². The highest BCUT2D eigenvalue weighted by Crippen LogP contribution is 2.28. The van der Waals surface area contributed by atoms with Gasteiger partial charge in [0.2, 0.25) is 0 Å². The van der Waals surface area contributed by atoms with Crippen molar-refractivity contribution in [1.29, 1.82) is 0 Å². The third-order valence-electron chi connectivity index (χ3n) is 3.22. The van der Waals surface area contributed by atoms with E-state index in [9.17, 15) is 0 Å². The summed E-state index contributed by atoms with van der Waals surface area (Å²) < 4.78 is 6.59. The van der Waals surface area contributed by atoms with Crippen LogP contribution in [-0.2, 0) is 0 Å². The molecule has 0 amide bonds. The summed E-state index contributed by atoms with van der Waals surface area (Å²) >= 11 is 3.51.